The van der Waals surface area contributed by atoms with Crippen molar-refractivity contribution in [3.63, 3.8) is 0 Å². The maximum atomic E-state index is 11.8. The minimum absolute atomic E-state index is 0.0455. The van der Waals surface area contributed by atoms with Crippen molar-refractivity contribution in [2.45, 2.75) is 96.2 Å². The van der Waals surface area contributed by atoms with Crippen LogP contribution in [-0.2, 0) is 4.79 Å². The zero-order valence-corrected chi connectivity index (χ0v) is 22.5. The Bertz CT molecular complexity index is 1010. The topological polar surface area (TPSA) is 124 Å². The van der Waals surface area contributed by atoms with E-state index < -0.39 is 11.6 Å². The lowest BCUT2D eigenvalue weighted by Gasteiger charge is -2.61. The van der Waals surface area contributed by atoms with Crippen LogP contribution in [0.2, 0.25) is 0 Å². The average Bonchev–Trinajstić information content (AvgIpc) is 3.38. The Morgan fingerprint density at radius 2 is 1.97 bits per heavy atom. The first-order valence-corrected chi connectivity index (χ1v) is 14.3. The third kappa shape index (κ3) is 3.18. The second kappa shape index (κ2) is 7.84. The van der Waals surface area contributed by atoms with Gasteiger partial charge in [-0.2, -0.15) is 0 Å². The molecule has 0 aromatic rings. The number of aliphatic hydroxyl groups excluding tert-OH is 1. The molecule has 36 heavy (non-hydrogen) atoms. The highest BCUT2D eigenvalue weighted by Gasteiger charge is 2.80. The molecule has 5 aliphatic carbocycles. The molecule has 5 saturated carbocycles. The SMILES string of the molecule is CC(CCC(=O)O)C12CCC3C4CCC5CC6(CC[C@]5(C)C4C[C@H](O)[C@@]31C2)N=C(N)NC(N(C)C)=N6. The number of nitrogens with zero attached hydrogens (tertiary/aromatic N) is 3. The van der Waals surface area contributed by atoms with Crippen LogP contribution in [0.25, 0.3) is 0 Å². The van der Waals surface area contributed by atoms with Crippen LogP contribution in [0, 0.1) is 45.8 Å². The van der Waals surface area contributed by atoms with Crippen molar-refractivity contribution in [2.24, 2.45) is 61.6 Å². The summed E-state index contributed by atoms with van der Waals surface area (Å²) in [4.78, 5) is 23.1. The Balaban J connectivity index is 1.24. The van der Waals surface area contributed by atoms with Gasteiger partial charge in [-0.25, -0.2) is 9.98 Å². The number of aliphatic imine (C=N–C) groups is 2. The molecule has 8 heteroatoms. The fourth-order valence-corrected chi connectivity index (χ4v) is 10.6. The van der Waals surface area contributed by atoms with Crippen molar-refractivity contribution in [3.05, 3.63) is 0 Å². The van der Waals surface area contributed by atoms with Crippen molar-refractivity contribution in [1.29, 1.82) is 0 Å². The number of carbonyl (C=O) groups is 1. The van der Waals surface area contributed by atoms with Crippen LogP contribution in [0.5, 0.6) is 0 Å². The molecule has 0 aromatic heterocycles. The number of hydrogen-bond donors (Lipinski definition) is 4. The molecule has 0 radical (unpaired) electrons. The predicted octanol–water partition coefficient (Wildman–Crippen LogP) is 3.40. The Hall–Kier alpha value is -1.83. The van der Waals surface area contributed by atoms with E-state index in [0.717, 1.165) is 44.5 Å². The van der Waals surface area contributed by atoms with Gasteiger partial charge in [0.25, 0.3) is 0 Å². The van der Waals surface area contributed by atoms with Crippen LogP contribution in [0.15, 0.2) is 9.98 Å². The highest BCUT2D eigenvalue weighted by Crippen LogP contribution is 2.85. The van der Waals surface area contributed by atoms with Crippen LogP contribution in [0.4, 0.5) is 0 Å². The number of carboxylic acids is 1. The molecule has 2 spiro atoms. The Morgan fingerprint density at radius 3 is 2.69 bits per heavy atom. The van der Waals surface area contributed by atoms with Gasteiger partial charge in [0, 0.05) is 25.9 Å². The Morgan fingerprint density at radius 1 is 1.19 bits per heavy atom. The summed E-state index contributed by atoms with van der Waals surface area (Å²) in [6.07, 6.45) is 10.5. The lowest BCUT2D eigenvalue weighted by molar-refractivity contribution is -0.145. The van der Waals surface area contributed by atoms with Gasteiger partial charge in [-0.05, 0) is 105 Å². The van der Waals surface area contributed by atoms with E-state index in [0.29, 0.717) is 35.5 Å². The van der Waals surface area contributed by atoms with E-state index >= 15 is 0 Å². The molecular formula is C28H45N5O3. The average molecular weight is 500 g/mol. The summed E-state index contributed by atoms with van der Waals surface area (Å²) in [5.74, 6) is 3.30. The summed E-state index contributed by atoms with van der Waals surface area (Å²) in [5.41, 5.74) is 6.17. The monoisotopic (exact) mass is 499 g/mol. The molecule has 200 valence electrons. The number of nitrogens with two attached hydrogens (primary N) is 1. The van der Waals surface area contributed by atoms with Crippen molar-refractivity contribution >= 4 is 17.9 Å². The van der Waals surface area contributed by atoms with Crippen LogP contribution < -0.4 is 11.1 Å². The smallest absolute Gasteiger partial charge is 0.303 e. The number of hydrogen-bond acceptors (Lipinski definition) is 7. The molecule has 1 heterocycles. The van der Waals surface area contributed by atoms with E-state index in [1.807, 2.05) is 19.0 Å². The third-order valence-corrected chi connectivity index (χ3v) is 12.4. The molecule has 5 N–H and O–H groups in total. The van der Waals surface area contributed by atoms with E-state index in [9.17, 15) is 15.0 Å². The first kappa shape index (κ1) is 24.5. The van der Waals surface area contributed by atoms with E-state index in [1.54, 1.807) is 0 Å². The maximum absolute atomic E-state index is 11.8. The highest BCUT2D eigenvalue weighted by molar-refractivity contribution is 5.99. The number of aliphatic carboxylic acids is 1. The van der Waals surface area contributed by atoms with E-state index in [4.69, 9.17) is 15.7 Å². The fraction of sp³-hybridized carbons (Fsp3) is 0.893. The van der Waals surface area contributed by atoms with Crippen LogP contribution in [-0.4, -0.2) is 58.9 Å². The molecule has 0 saturated heterocycles. The van der Waals surface area contributed by atoms with Gasteiger partial charge in [0.15, 0.2) is 11.6 Å². The molecular weight excluding hydrogens is 454 g/mol. The van der Waals surface area contributed by atoms with Crippen molar-refractivity contribution in [2.75, 3.05) is 14.1 Å². The molecule has 7 unspecified atom stereocenters. The second-order valence-electron chi connectivity index (χ2n) is 13.8. The Kier molecular flexibility index (Phi) is 5.34. The van der Waals surface area contributed by atoms with Crippen LogP contribution >= 0.6 is 0 Å². The summed E-state index contributed by atoms with van der Waals surface area (Å²) >= 11 is 0. The van der Waals surface area contributed by atoms with Crippen molar-refractivity contribution < 1.29 is 15.0 Å². The number of rotatable bonds is 4. The molecule has 10 atom stereocenters. The minimum atomic E-state index is -0.699. The quantitative estimate of drug-likeness (QED) is 0.470. The predicted molar refractivity (Wildman–Crippen MR) is 139 cm³/mol. The number of fused-ring (bicyclic) bond motifs is 4. The summed E-state index contributed by atoms with van der Waals surface area (Å²) in [5, 5.41) is 24.2. The lowest BCUT2D eigenvalue weighted by Crippen LogP contribution is -2.59. The Labute approximate surface area is 215 Å². The molecule has 0 aromatic carbocycles. The zero-order valence-electron chi connectivity index (χ0n) is 22.5. The summed E-state index contributed by atoms with van der Waals surface area (Å²) in [6, 6.07) is 0. The zero-order chi connectivity index (χ0) is 25.7. The van der Waals surface area contributed by atoms with E-state index in [1.165, 1.54) is 25.7 Å². The first-order chi connectivity index (χ1) is 17.0. The second-order valence-corrected chi connectivity index (χ2v) is 13.8. The van der Waals surface area contributed by atoms with E-state index in [2.05, 4.69) is 19.2 Å². The van der Waals surface area contributed by atoms with E-state index in [-0.39, 0.29) is 28.8 Å². The molecule has 8 nitrogen and oxygen atoms in total. The lowest BCUT2D eigenvalue weighted by atomic mass is 9.45. The minimum Gasteiger partial charge on any atom is -0.481 e. The molecule has 6 rings (SSSR count). The summed E-state index contributed by atoms with van der Waals surface area (Å²) < 4.78 is 0. The van der Waals surface area contributed by atoms with Crippen molar-refractivity contribution in [1.82, 2.24) is 10.2 Å². The van der Waals surface area contributed by atoms with Gasteiger partial charge >= 0.3 is 5.97 Å². The standard InChI is InChI=1S/C28H45N5O3/c1-16(5-8-22(35)36)26-10-9-19-18-7-6-17-14-27(31-23(29)30-24(32-27)33(3)4)12-11-25(17,2)20(18)13-21(34)28(19,26)15-26/h16-21,34H,5-15H2,1-4H3,(H,35,36)(H3,29,30,31,32)/t16?,17?,18?,19?,20?,21-,25-,26?,27?,28+/m0/s1. The van der Waals surface area contributed by atoms with Gasteiger partial charge < -0.3 is 20.8 Å². The summed E-state index contributed by atoms with van der Waals surface area (Å²) in [7, 11) is 3.97. The third-order valence-electron chi connectivity index (χ3n) is 12.4. The summed E-state index contributed by atoms with van der Waals surface area (Å²) in [6.45, 7) is 4.76. The largest absolute Gasteiger partial charge is 0.481 e. The number of nitrogens with one attached hydrogen (secondary N) is 1. The normalized spacial score (nSPS) is 49.4. The molecule has 1 aliphatic heterocycles. The van der Waals surface area contributed by atoms with Crippen LogP contribution in [0.3, 0.4) is 0 Å². The number of carboxylic acid groups (broad SMARTS) is 1. The van der Waals surface area contributed by atoms with Gasteiger partial charge in [-0.3, -0.25) is 10.1 Å². The molecule has 6 aliphatic rings. The molecule has 0 amide bonds. The molecule has 0 bridgehead atoms. The molecule has 5 fully saturated rings. The fourth-order valence-electron chi connectivity index (χ4n) is 10.6. The van der Waals surface area contributed by atoms with Gasteiger partial charge in [-0.1, -0.05) is 13.8 Å². The number of aliphatic hydroxyl groups is 1. The highest BCUT2D eigenvalue weighted by atomic mass is 16.4. The van der Waals surface area contributed by atoms with Gasteiger partial charge in [0.05, 0.1) is 6.10 Å². The first-order valence-electron chi connectivity index (χ1n) is 14.3. The van der Waals surface area contributed by atoms with Crippen molar-refractivity contribution in [3.8, 4) is 0 Å². The van der Waals surface area contributed by atoms with Crippen LogP contribution in [0.1, 0.15) is 84.5 Å². The van der Waals surface area contributed by atoms with Gasteiger partial charge in [-0.15, -0.1) is 0 Å². The van der Waals surface area contributed by atoms with Gasteiger partial charge in [0.2, 0.25) is 5.96 Å². The van der Waals surface area contributed by atoms with Gasteiger partial charge in [0.1, 0.15) is 0 Å². The number of guanidine groups is 2. The maximum Gasteiger partial charge on any atom is 0.303 e.